The molecule has 0 saturated carbocycles. The summed E-state index contributed by atoms with van der Waals surface area (Å²) in [5, 5.41) is 22.2. The molecule has 2 aromatic carbocycles. The molecule has 15 heteroatoms. The maximum Gasteiger partial charge on any atom is 0.356 e. The van der Waals surface area contributed by atoms with Crippen LogP contribution >= 0.6 is 0 Å². The number of hydrazine groups is 2. The smallest absolute Gasteiger partial charge is 0.276 e. The van der Waals surface area contributed by atoms with Crippen molar-refractivity contribution < 1.29 is 23.8 Å². The highest BCUT2D eigenvalue weighted by Gasteiger charge is 2.24. The predicted molar refractivity (Wildman–Crippen MR) is 110 cm³/mol. The third kappa shape index (κ3) is 5.48. The molecule has 0 unspecified atom stereocenters. The number of non-ortho nitro benzene ring substituents is 1. The standard InChI is InChI=1S/C18H13FN8O6/c19-12-5-1-10(2-6-12)17(28)24-22-15-14(27(32)33)16(21-9-20-15)23-25-18(29)11-3-7-13(8-4-11)26(30)31/h1-9H,(H,24,28)(H,25,29)(H2,20,21,22,23). The number of nitrogens with one attached hydrogen (secondary N) is 4. The van der Waals surface area contributed by atoms with Gasteiger partial charge in [-0.3, -0.25) is 51.5 Å². The lowest BCUT2D eigenvalue weighted by atomic mass is 10.2. The number of carbonyl (C=O) groups is 2. The summed E-state index contributed by atoms with van der Waals surface area (Å²) in [6.45, 7) is 0. The Kier molecular flexibility index (Phi) is 6.63. The molecule has 14 nitrogen and oxygen atoms in total. The fraction of sp³-hybridized carbons (Fsp3) is 0. The van der Waals surface area contributed by atoms with Crippen molar-refractivity contribution in [3.05, 3.63) is 92.0 Å². The molecule has 0 radical (unpaired) electrons. The first-order chi connectivity index (χ1) is 15.8. The molecule has 3 rings (SSSR count). The van der Waals surface area contributed by atoms with E-state index in [4.69, 9.17) is 0 Å². The first-order valence-corrected chi connectivity index (χ1v) is 8.88. The average molecular weight is 456 g/mol. The first kappa shape index (κ1) is 22.5. The Morgan fingerprint density at radius 3 is 1.64 bits per heavy atom. The lowest BCUT2D eigenvalue weighted by molar-refractivity contribution is -0.384. The third-order valence-corrected chi connectivity index (χ3v) is 4.04. The molecule has 3 aromatic rings. The van der Waals surface area contributed by atoms with Gasteiger partial charge in [-0.25, -0.2) is 14.4 Å². The quantitative estimate of drug-likeness (QED) is 0.287. The van der Waals surface area contributed by atoms with E-state index < -0.39 is 44.8 Å². The molecule has 0 fully saturated rings. The van der Waals surface area contributed by atoms with Crippen molar-refractivity contribution >= 4 is 34.8 Å². The van der Waals surface area contributed by atoms with Gasteiger partial charge in [0.1, 0.15) is 12.1 Å². The summed E-state index contributed by atoms with van der Waals surface area (Å²) in [6, 6.07) is 9.18. The highest BCUT2D eigenvalue weighted by Crippen LogP contribution is 2.27. The Hall–Kier alpha value is -5.21. The minimum absolute atomic E-state index is 0.0368. The van der Waals surface area contributed by atoms with Crippen LogP contribution < -0.4 is 21.7 Å². The van der Waals surface area contributed by atoms with Crippen LogP contribution in [0.25, 0.3) is 0 Å². The second-order valence-corrected chi connectivity index (χ2v) is 6.15. The van der Waals surface area contributed by atoms with Crippen LogP contribution in [-0.4, -0.2) is 31.6 Å². The molecule has 0 atom stereocenters. The Balaban J connectivity index is 1.71. The molecule has 1 heterocycles. The fourth-order valence-corrected chi connectivity index (χ4v) is 2.45. The van der Waals surface area contributed by atoms with Crippen LogP contribution in [0.15, 0.2) is 54.9 Å². The van der Waals surface area contributed by atoms with Gasteiger partial charge < -0.3 is 0 Å². The summed E-state index contributed by atoms with van der Waals surface area (Å²) in [7, 11) is 0. The van der Waals surface area contributed by atoms with Crippen molar-refractivity contribution in [3.63, 3.8) is 0 Å². The van der Waals surface area contributed by atoms with Gasteiger partial charge in [-0.1, -0.05) is 0 Å². The van der Waals surface area contributed by atoms with E-state index in [-0.39, 0.29) is 16.8 Å². The predicted octanol–water partition coefficient (Wildman–Crippen LogP) is 1.95. The molecule has 33 heavy (non-hydrogen) atoms. The number of amides is 2. The largest absolute Gasteiger partial charge is 0.356 e. The lowest BCUT2D eigenvalue weighted by Crippen LogP contribution is -2.32. The number of benzene rings is 2. The molecule has 168 valence electrons. The second kappa shape index (κ2) is 9.73. The Bertz CT molecular complexity index is 1220. The van der Waals surface area contributed by atoms with E-state index >= 15 is 0 Å². The second-order valence-electron chi connectivity index (χ2n) is 6.15. The molecule has 2 amide bonds. The van der Waals surface area contributed by atoms with Crippen LogP contribution in [0.3, 0.4) is 0 Å². The molecular formula is C18H13FN8O6. The SMILES string of the molecule is O=C(NNc1ncnc(NNC(=O)c2ccc([N+](=O)[O-])cc2)c1[N+](=O)[O-])c1ccc(F)cc1. The number of anilines is 2. The van der Waals surface area contributed by atoms with E-state index in [1.807, 2.05) is 0 Å². The van der Waals surface area contributed by atoms with Gasteiger partial charge in [0, 0.05) is 23.3 Å². The van der Waals surface area contributed by atoms with Gasteiger partial charge in [0.25, 0.3) is 17.5 Å². The Labute approximate surface area is 183 Å². The molecule has 0 aliphatic heterocycles. The number of halogens is 1. The minimum Gasteiger partial charge on any atom is -0.276 e. The van der Waals surface area contributed by atoms with Crippen LogP contribution in [0, 0.1) is 26.0 Å². The van der Waals surface area contributed by atoms with Gasteiger partial charge in [-0.2, -0.15) is 0 Å². The maximum atomic E-state index is 13.0. The van der Waals surface area contributed by atoms with Gasteiger partial charge in [0.2, 0.25) is 11.6 Å². The van der Waals surface area contributed by atoms with Crippen molar-refractivity contribution in [1.82, 2.24) is 20.8 Å². The zero-order chi connectivity index (χ0) is 24.0. The highest BCUT2D eigenvalue weighted by atomic mass is 19.1. The van der Waals surface area contributed by atoms with Crippen LogP contribution in [0.5, 0.6) is 0 Å². The normalized spacial score (nSPS) is 10.1. The molecule has 0 spiro atoms. The number of rotatable bonds is 8. The molecule has 1 aromatic heterocycles. The number of hydrogen-bond acceptors (Lipinski definition) is 10. The molecule has 4 N–H and O–H groups in total. The molecule has 0 aliphatic rings. The number of aromatic nitrogens is 2. The van der Waals surface area contributed by atoms with Crippen LogP contribution in [0.4, 0.5) is 27.4 Å². The zero-order valence-corrected chi connectivity index (χ0v) is 16.3. The van der Waals surface area contributed by atoms with Crippen molar-refractivity contribution in [2.45, 2.75) is 0 Å². The van der Waals surface area contributed by atoms with E-state index in [1.165, 1.54) is 24.3 Å². The summed E-state index contributed by atoms with van der Waals surface area (Å²) < 4.78 is 13.0. The first-order valence-electron chi connectivity index (χ1n) is 8.88. The van der Waals surface area contributed by atoms with Crippen molar-refractivity contribution in [1.29, 1.82) is 0 Å². The average Bonchev–Trinajstić information content (AvgIpc) is 2.81. The van der Waals surface area contributed by atoms with E-state index in [0.717, 1.165) is 30.6 Å². The van der Waals surface area contributed by atoms with Crippen molar-refractivity contribution in [3.8, 4) is 0 Å². The van der Waals surface area contributed by atoms with Gasteiger partial charge in [0.15, 0.2) is 0 Å². The molecule has 0 bridgehead atoms. The third-order valence-electron chi connectivity index (χ3n) is 4.04. The summed E-state index contributed by atoms with van der Waals surface area (Å²) in [6.07, 6.45) is 0.930. The molecule has 0 saturated heterocycles. The summed E-state index contributed by atoms with van der Waals surface area (Å²) >= 11 is 0. The number of nitro benzene ring substituents is 1. The minimum atomic E-state index is -0.854. The topological polar surface area (TPSA) is 194 Å². The molecular weight excluding hydrogens is 443 g/mol. The van der Waals surface area contributed by atoms with E-state index in [2.05, 4.69) is 31.7 Å². The lowest BCUT2D eigenvalue weighted by Gasteiger charge is -2.11. The van der Waals surface area contributed by atoms with Crippen LogP contribution in [-0.2, 0) is 0 Å². The van der Waals surface area contributed by atoms with Crippen molar-refractivity contribution in [2.24, 2.45) is 0 Å². The highest BCUT2D eigenvalue weighted by molar-refractivity contribution is 5.96. The summed E-state index contributed by atoms with van der Waals surface area (Å²) in [5.41, 5.74) is 8.11. The van der Waals surface area contributed by atoms with Gasteiger partial charge in [-0.05, 0) is 36.4 Å². The number of carbonyl (C=O) groups excluding carboxylic acids is 2. The maximum absolute atomic E-state index is 13.0. The van der Waals surface area contributed by atoms with Gasteiger partial charge >= 0.3 is 5.69 Å². The number of nitrogens with zero attached hydrogens (tertiary/aromatic N) is 4. The Morgan fingerprint density at radius 1 is 0.758 bits per heavy atom. The monoisotopic (exact) mass is 456 g/mol. The van der Waals surface area contributed by atoms with E-state index in [1.54, 1.807) is 0 Å². The zero-order valence-electron chi connectivity index (χ0n) is 16.3. The van der Waals surface area contributed by atoms with Gasteiger partial charge in [-0.15, -0.1) is 0 Å². The van der Waals surface area contributed by atoms with E-state index in [0.29, 0.717) is 0 Å². The van der Waals surface area contributed by atoms with Crippen LogP contribution in [0.1, 0.15) is 20.7 Å². The fourth-order valence-electron chi connectivity index (χ4n) is 2.45. The molecule has 0 aliphatic carbocycles. The van der Waals surface area contributed by atoms with Crippen LogP contribution in [0.2, 0.25) is 0 Å². The summed E-state index contributed by atoms with van der Waals surface area (Å²) in [5.74, 6) is -2.83. The van der Waals surface area contributed by atoms with Gasteiger partial charge in [0.05, 0.1) is 9.85 Å². The summed E-state index contributed by atoms with van der Waals surface area (Å²) in [4.78, 5) is 52.4. The number of nitro groups is 2. The Morgan fingerprint density at radius 2 is 1.21 bits per heavy atom. The number of hydrogen-bond donors (Lipinski definition) is 4. The van der Waals surface area contributed by atoms with E-state index in [9.17, 15) is 34.2 Å². The van der Waals surface area contributed by atoms with Crippen molar-refractivity contribution in [2.75, 3.05) is 10.9 Å².